The molecule has 5 rings (SSSR count). The summed E-state index contributed by atoms with van der Waals surface area (Å²) >= 11 is 0. The molecule has 0 bridgehead atoms. The van der Waals surface area contributed by atoms with Crippen molar-refractivity contribution in [2.75, 3.05) is 6.54 Å². The molecule has 38 heavy (non-hydrogen) atoms. The van der Waals surface area contributed by atoms with Crippen LogP contribution in [0.15, 0.2) is 72.9 Å². The zero-order chi connectivity index (χ0) is 26.9. The molecule has 0 saturated carbocycles. The quantitative estimate of drug-likeness (QED) is 0.318. The zero-order valence-corrected chi connectivity index (χ0v) is 21.2. The molecular formula is C28H26F2N6O2. The number of hydrogen-bond acceptors (Lipinski definition) is 6. The molecule has 0 radical (unpaired) electrons. The highest BCUT2D eigenvalue weighted by atomic mass is 19.3. The monoisotopic (exact) mass is 516 g/mol. The number of pyridine rings is 1. The largest absolute Gasteiger partial charge is 0.444 e. The van der Waals surface area contributed by atoms with E-state index in [1.54, 1.807) is 36.5 Å². The van der Waals surface area contributed by atoms with Gasteiger partial charge in [-0.2, -0.15) is 18.4 Å². The molecule has 10 heteroatoms. The van der Waals surface area contributed by atoms with Gasteiger partial charge in [0, 0.05) is 29.3 Å². The van der Waals surface area contributed by atoms with E-state index in [0.717, 1.165) is 15.6 Å². The summed E-state index contributed by atoms with van der Waals surface area (Å²) in [6, 6.07) is 18.6. The van der Waals surface area contributed by atoms with Gasteiger partial charge in [0.15, 0.2) is 5.65 Å². The van der Waals surface area contributed by atoms with Gasteiger partial charge in [-0.1, -0.05) is 36.4 Å². The molecule has 5 aromatic rings. The van der Waals surface area contributed by atoms with Crippen LogP contribution < -0.4 is 5.32 Å². The van der Waals surface area contributed by atoms with E-state index in [2.05, 4.69) is 25.6 Å². The van der Waals surface area contributed by atoms with Gasteiger partial charge in [-0.3, -0.25) is 4.98 Å². The Morgan fingerprint density at radius 2 is 1.79 bits per heavy atom. The molecule has 8 nitrogen and oxygen atoms in total. The third-order valence-corrected chi connectivity index (χ3v) is 5.84. The lowest BCUT2D eigenvalue weighted by atomic mass is 10.0. The van der Waals surface area contributed by atoms with Gasteiger partial charge in [0.25, 0.3) is 0 Å². The normalized spacial score (nSPS) is 12.1. The fourth-order valence-corrected chi connectivity index (χ4v) is 4.00. The lowest BCUT2D eigenvalue weighted by molar-refractivity contribution is 0.0307. The van der Waals surface area contributed by atoms with Crippen molar-refractivity contribution in [3.8, 4) is 11.3 Å². The smallest absolute Gasteiger partial charge is 0.407 e. The van der Waals surface area contributed by atoms with E-state index < -0.39 is 23.4 Å². The number of amides is 1. The molecular weight excluding hydrogens is 490 g/mol. The average molecular weight is 517 g/mol. The summed E-state index contributed by atoms with van der Waals surface area (Å²) in [7, 11) is 0. The van der Waals surface area contributed by atoms with E-state index >= 15 is 8.78 Å². The highest BCUT2D eigenvalue weighted by molar-refractivity contribution is 5.79. The Kier molecular flexibility index (Phi) is 6.48. The van der Waals surface area contributed by atoms with E-state index in [-0.39, 0.29) is 11.2 Å². The van der Waals surface area contributed by atoms with Crippen molar-refractivity contribution >= 4 is 22.6 Å². The average Bonchev–Trinajstić information content (AvgIpc) is 3.32. The SMILES string of the molecule is CC(C)(C)OC(=O)NCCc1ccc(-c2ccc3nnc(C(F)(F)c4ccc5ncccc5c4)n3n2)cc1. The summed E-state index contributed by atoms with van der Waals surface area (Å²) < 4.78 is 37.5. The molecule has 0 saturated heterocycles. The summed E-state index contributed by atoms with van der Waals surface area (Å²) in [6.45, 7) is 5.84. The minimum atomic E-state index is -3.43. The van der Waals surface area contributed by atoms with Crippen molar-refractivity contribution in [3.05, 3.63) is 89.9 Å². The summed E-state index contributed by atoms with van der Waals surface area (Å²) in [5, 5.41) is 15.5. The molecule has 0 unspecified atom stereocenters. The lowest BCUT2D eigenvalue weighted by Gasteiger charge is -2.19. The number of aromatic nitrogens is 5. The number of alkyl carbamates (subject to hydrolysis) is 1. The van der Waals surface area contributed by atoms with E-state index in [1.165, 1.54) is 12.1 Å². The summed E-state index contributed by atoms with van der Waals surface area (Å²) in [5.74, 6) is -4.00. The first-order valence-corrected chi connectivity index (χ1v) is 12.1. The van der Waals surface area contributed by atoms with Gasteiger partial charge in [0.2, 0.25) is 5.82 Å². The number of benzene rings is 2. The van der Waals surface area contributed by atoms with E-state index in [9.17, 15) is 4.79 Å². The molecule has 0 aliphatic heterocycles. The topological polar surface area (TPSA) is 94.3 Å². The van der Waals surface area contributed by atoms with Crippen LogP contribution in [0, 0.1) is 0 Å². The predicted octanol–water partition coefficient (Wildman–Crippen LogP) is 5.55. The van der Waals surface area contributed by atoms with Crippen LogP contribution in [0.3, 0.4) is 0 Å². The van der Waals surface area contributed by atoms with Gasteiger partial charge in [0.05, 0.1) is 11.2 Å². The maximum absolute atomic E-state index is 15.6. The van der Waals surface area contributed by atoms with Crippen molar-refractivity contribution in [2.45, 2.75) is 38.7 Å². The van der Waals surface area contributed by atoms with Crippen LogP contribution in [0.2, 0.25) is 0 Å². The van der Waals surface area contributed by atoms with Crippen molar-refractivity contribution in [3.63, 3.8) is 0 Å². The number of rotatable bonds is 6. The summed E-state index contributed by atoms with van der Waals surface area (Å²) in [4.78, 5) is 16.0. The molecule has 194 valence electrons. The molecule has 0 aliphatic rings. The van der Waals surface area contributed by atoms with E-state index in [1.807, 2.05) is 45.0 Å². The van der Waals surface area contributed by atoms with E-state index in [0.29, 0.717) is 29.6 Å². The first kappa shape index (κ1) is 25.2. The van der Waals surface area contributed by atoms with Crippen LogP contribution in [0.4, 0.5) is 13.6 Å². The molecule has 1 amide bonds. The number of halogens is 2. The minimum absolute atomic E-state index is 0.218. The maximum Gasteiger partial charge on any atom is 0.407 e. The minimum Gasteiger partial charge on any atom is -0.444 e. The van der Waals surface area contributed by atoms with Crippen molar-refractivity contribution in [1.82, 2.24) is 30.1 Å². The Bertz CT molecular complexity index is 1610. The second-order valence-electron chi connectivity index (χ2n) is 9.87. The highest BCUT2D eigenvalue weighted by Gasteiger charge is 2.40. The first-order valence-electron chi connectivity index (χ1n) is 12.1. The molecule has 0 aliphatic carbocycles. The van der Waals surface area contributed by atoms with Gasteiger partial charge >= 0.3 is 12.0 Å². The zero-order valence-electron chi connectivity index (χ0n) is 21.2. The Labute approximate surface area is 217 Å². The Balaban J connectivity index is 1.35. The van der Waals surface area contributed by atoms with Crippen LogP contribution in [-0.4, -0.2) is 43.0 Å². The summed E-state index contributed by atoms with van der Waals surface area (Å²) in [6.07, 6.45) is 1.76. The van der Waals surface area contributed by atoms with Crippen LogP contribution >= 0.6 is 0 Å². The fraction of sp³-hybridized carbons (Fsp3) is 0.250. The van der Waals surface area contributed by atoms with Crippen LogP contribution in [0.25, 0.3) is 27.8 Å². The second-order valence-corrected chi connectivity index (χ2v) is 9.87. The number of nitrogens with one attached hydrogen (secondary N) is 1. The molecule has 0 atom stereocenters. The third-order valence-electron chi connectivity index (χ3n) is 5.84. The summed E-state index contributed by atoms with van der Waals surface area (Å²) in [5.41, 5.74) is 2.31. The van der Waals surface area contributed by atoms with Crippen molar-refractivity contribution in [2.24, 2.45) is 0 Å². The number of alkyl halides is 2. The molecule has 1 N–H and O–H groups in total. The molecule has 0 fully saturated rings. The van der Waals surface area contributed by atoms with Crippen molar-refractivity contribution in [1.29, 1.82) is 0 Å². The maximum atomic E-state index is 15.6. The molecule has 0 spiro atoms. The van der Waals surface area contributed by atoms with Crippen LogP contribution in [-0.2, 0) is 17.1 Å². The first-order chi connectivity index (χ1) is 18.1. The van der Waals surface area contributed by atoms with Crippen LogP contribution in [0.1, 0.15) is 37.7 Å². The Morgan fingerprint density at radius 3 is 2.55 bits per heavy atom. The fourth-order valence-electron chi connectivity index (χ4n) is 4.00. The number of nitrogens with zero attached hydrogens (tertiary/aromatic N) is 5. The lowest BCUT2D eigenvalue weighted by Crippen LogP contribution is -2.33. The predicted molar refractivity (Wildman–Crippen MR) is 139 cm³/mol. The van der Waals surface area contributed by atoms with Gasteiger partial charge < -0.3 is 10.1 Å². The number of carbonyl (C=O) groups excluding carboxylic acids is 1. The number of ether oxygens (including phenoxy) is 1. The second kappa shape index (κ2) is 9.77. The molecule has 3 aromatic heterocycles. The van der Waals surface area contributed by atoms with Gasteiger partial charge in [0.1, 0.15) is 5.60 Å². The number of hydrogen-bond donors (Lipinski definition) is 1. The number of carbonyl (C=O) groups is 1. The van der Waals surface area contributed by atoms with Gasteiger partial charge in [-0.05, 0) is 63.1 Å². The molecule has 3 heterocycles. The van der Waals surface area contributed by atoms with Crippen molar-refractivity contribution < 1.29 is 18.3 Å². The van der Waals surface area contributed by atoms with E-state index in [4.69, 9.17) is 4.74 Å². The Hall–Kier alpha value is -4.47. The molecule has 2 aromatic carbocycles. The van der Waals surface area contributed by atoms with Crippen LogP contribution in [0.5, 0.6) is 0 Å². The third kappa shape index (κ3) is 5.29. The van der Waals surface area contributed by atoms with Gasteiger partial charge in [-0.25, -0.2) is 4.79 Å². The standard InChI is InChI=1S/C28H26F2N6O2/c1-27(2,3)38-26(37)32-16-14-18-6-8-19(9-7-18)23-12-13-24-33-34-25(36(24)35-23)28(29,30)21-10-11-22-20(17-21)5-4-15-31-22/h4-13,15,17H,14,16H2,1-3H3,(H,32,37). The highest BCUT2D eigenvalue weighted by Crippen LogP contribution is 2.36. The Morgan fingerprint density at radius 1 is 1.00 bits per heavy atom. The number of fused-ring (bicyclic) bond motifs is 2. The van der Waals surface area contributed by atoms with Gasteiger partial charge in [-0.15, -0.1) is 10.2 Å².